The van der Waals surface area contributed by atoms with Gasteiger partial charge in [-0.05, 0) is 83.6 Å². The molecule has 1 aliphatic rings. The molecular weight excluding hydrogens is 611 g/mol. The third kappa shape index (κ3) is 4.82. The highest BCUT2D eigenvalue weighted by Crippen LogP contribution is 2.35. The molecule has 0 saturated carbocycles. The first-order chi connectivity index (χ1) is 24.7. The van der Waals surface area contributed by atoms with Crippen molar-refractivity contribution in [1.82, 2.24) is 24.9 Å². The third-order valence-electron chi connectivity index (χ3n) is 9.84. The van der Waals surface area contributed by atoms with Crippen LogP contribution in [-0.4, -0.2) is 24.9 Å². The van der Waals surface area contributed by atoms with Gasteiger partial charge in [-0.15, -0.1) is 0 Å². The molecule has 0 saturated heterocycles. The topological polar surface area (TPSA) is 64.5 Å². The van der Waals surface area contributed by atoms with Gasteiger partial charge in [0.15, 0.2) is 0 Å². The predicted molar refractivity (Wildman–Crippen MR) is 206 cm³/mol. The quantitative estimate of drug-likeness (QED) is 0.180. The summed E-state index contributed by atoms with van der Waals surface area (Å²) in [6, 6.07) is 40.4. The van der Waals surface area contributed by atoms with Crippen LogP contribution < -0.4 is 0 Å². The predicted octanol–water partition coefficient (Wildman–Crippen LogP) is 10.8. The van der Waals surface area contributed by atoms with E-state index in [1.165, 1.54) is 22.1 Å². The van der Waals surface area contributed by atoms with Crippen LogP contribution in [0.15, 0.2) is 146 Å². The lowest BCUT2D eigenvalue weighted by atomic mass is 9.91. The Bertz CT molecular complexity index is 2750. The maximum atomic E-state index is 5.24. The first kappa shape index (κ1) is 28.4. The second-order valence-electron chi connectivity index (χ2n) is 12.9. The van der Waals surface area contributed by atoms with Crippen LogP contribution in [0.25, 0.3) is 88.7 Å². The van der Waals surface area contributed by atoms with E-state index in [0.29, 0.717) is 0 Å². The summed E-state index contributed by atoms with van der Waals surface area (Å²) >= 11 is 0. The summed E-state index contributed by atoms with van der Waals surface area (Å²) in [7, 11) is 0. The molecule has 0 radical (unpaired) electrons. The highest BCUT2D eigenvalue weighted by Gasteiger charge is 2.15. The van der Waals surface area contributed by atoms with E-state index in [9.17, 15) is 0 Å². The second kappa shape index (κ2) is 11.5. The Morgan fingerprint density at radius 2 is 0.900 bits per heavy atom. The summed E-state index contributed by atoms with van der Waals surface area (Å²) in [5, 5.41) is 5.47. The number of aryl methyl sites for hydroxylation is 1. The smallest absolute Gasteiger partial charge is 0.0972 e. The van der Waals surface area contributed by atoms with Crippen LogP contribution in [0.5, 0.6) is 0 Å². The number of rotatable bonds is 3. The van der Waals surface area contributed by atoms with Gasteiger partial charge in [0, 0.05) is 56.6 Å². The molecule has 50 heavy (non-hydrogen) atoms. The minimum Gasteiger partial charge on any atom is -0.256 e. The zero-order valence-corrected chi connectivity index (χ0v) is 27.1. The highest BCUT2D eigenvalue weighted by atomic mass is 14.8. The molecule has 0 unspecified atom stereocenters. The zero-order chi connectivity index (χ0) is 33.0. The maximum Gasteiger partial charge on any atom is 0.0972 e. The van der Waals surface area contributed by atoms with Crippen LogP contribution in [0, 0.1) is 0 Å². The number of benzene rings is 4. The van der Waals surface area contributed by atoms with Crippen molar-refractivity contribution in [2.45, 2.75) is 12.8 Å². The van der Waals surface area contributed by atoms with E-state index in [-0.39, 0.29) is 0 Å². The van der Waals surface area contributed by atoms with Crippen LogP contribution in [-0.2, 0) is 6.42 Å². The molecule has 1 aliphatic carbocycles. The number of hydrogen-bond acceptors (Lipinski definition) is 5. The van der Waals surface area contributed by atoms with Crippen molar-refractivity contribution >= 4 is 66.2 Å². The van der Waals surface area contributed by atoms with Gasteiger partial charge in [0.05, 0.1) is 39.0 Å². The molecule has 5 aromatic heterocycles. The standard InChI is InChI=1S/C45H29N5/c1-5-28(10-11-29-12-13-30-6-2-22-46-41(30)38(29)9-1)35-25-36(39-20-18-33-16-14-31-7-3-23-47-42(31)44(33)49-39)27-37(26-35)40-21-19-34-17-15-32-8-4-24-48-43(32)45(34)50-40/h2-8,10-27H,1,9H2. The zero-order valence-electron chi connectivity index (χ0n) is 27.1. The monoisotopic (exact) mass is 639 g/mol. The molecule has 0 fully saturated rings. The number of nitrogens with zero attached hydrogens (tertiary/aromatic N) is 5. The van der Waals surface area contributed by atoms with Crippen molar-refractivity contribution in [3.8, 4) is 22.5 Å². The molecule has 4 aromatic carbocycles. The fraction of sp³-hybridized carbons (Fsp3) is 0.0444. The van der Waals surface area contributed by atoms with E-state index in [0.717, 1.165) is 90.0 Å². The molecule has 5 heterocycles. The molecule has 5 nitrogen and oxygen atoms in total. The molecule has 0 spiro atoms. The summed E-state index contributed by atoms with van der Waals surface area (Å²) in [5.41, 5.74) is 13.3. The average molecular weight is 640 g/mol. The average Bonchev–Trinajstić information content (AvgIpc) is 3.17. The van der Waals surface area contributed by atoms with Crippen LogP contribution in [0.4, 0.5) is 0 Å². The normalized spacial score (nSPS) is 13.1. The van der Waals surface area contributed by atoms with Crippen LogP contribution >= 0.6 is 0 Å². The van der Waals surface area contributed by atoms with Gasteiger partial charge in [0.1, 0.15) is 0 Å². The molecule has 0 N–H and O–H groups in total. The van der Waals surface area contributed by atoms with Gasteiger partial charge in [-0.2, -0.15) is 0 Å². The Morgan fingerprint density at radius 1 is 0.420 bits per heavy atom. The van der Waals surface area contributed by atoms with Crippen LogP contribution in [0.2, 0.25) is 0 Å². The highest BCUT2D eigenvalue weighted by molar-refractivity contribution is 6.04. The lowest BCUT2D eigenvalue weighted by Gasteiger charge is -2.15. The fourth-order valence-electron chi connectivity index (χ4n) is 7.33. The van der Waals surface area contributed by atoms with E-state index < -0.39 is 0 Å². The van der Waals surface area contributed by atoms with Gasteiger partial charge in [0.2, 0.25) is 0 Å². The van der Waals surface area contributed by atoms with Crippen molar-refractivity contribution in [3.63, 3.8) is 0 Å². The summed E-state index contributed by atoms with van der Waals surface area (Å²) in [4.78, 5) is 24.6. The minimum absolute atomic E-state index is 0.893. The van der Waals surface area contributed by atoms with E-state index in [1.54, 1.807) is 0 Å². The Kier molecular flexibility index (Phi) is 6.56. The summed E-state index contributed by atoms with van der Waals surface area (Å²) in [6.45, 7) is 0. The molecule has 234 valence electrons. The van der Waals surface area contributed by atoms with Gasteiger partial charge in [-0.25, -0.2) is 9.97 Å². The van der Waals surface area contributed by atoms with E-state index >= 15 is 0 Å². The fourth-order valence-corrected chi connectivity index (χ4v) is 7.33. The minimum atomic E-state index is 0.893. The molecule has 0 aliphatic heterocycles. The van der Waals surface area contributed by atoms with Crippen molar-refractivity contribution in [1.29, 1.82) is 0 Å². The summed E-state index contributed by atoms with van der Waals surface area (Å²) in [5.74, 6) is 0. The van der Waals surface area contributed by atoms with Gasteiger partial charge in [-0.3, -0.25) is 15.0 Å². The third-order valence-corrected chi connectivity index (χ3v) is 9.84. The Hall–Kier alpha value is -6.59. The van der Waals surface area contributed by atoms with Crippen molar-refractivity contribution in [2.24, 2.45) is 0 Å². The Labute approximate surface area is 288 Å². The van der Waals surface area contributed by atoms with E-state index in [2.05, 4.69) is 115 Å². The number of fused-ring (bicyclic) bond motifs is 9. The Morgan fingerprint density at radius 3 is 1.50 bits per heavy atom. The largest absolute Gasteiger partial charge is 0.256 e. The molecule has 0 atom stereocenters. The van der Waals surface area contributed by atoms with Crippen LogP contribution in [0.1, 0.15) is 23.1 Å². The summed E-state index contributed by atoms with van der Waals surface area (Å²) < 4.78 is 0. The summed E-state index contributed by atoms with van der Waals surface area (Å²) in [6.07, 6.45) is 14.2. The van der Waals surface area contributed by atoms with Crippen molar-refractivity contribution < 1.29 is 0 Å². The lowest BCUT2D eigenvalue weighted by Crippen LogP contribution is -1.97. The lowest BCUT2D eigenvalue weighted by molar-refractivity contribution is 1.00. The molecular formula is C45H29N5. The molecule has 10 rings (SSSR count). The van der Waals surface area contributed by atoms with Crippen molar-refractivity contribution in [3.05, 3.63) is 163 Å². The Balaban J connectivity index is 1.16. The second-order valence-corrected chi connectivity index (χ2v) is 12.9. The number of allylic oxidation sites excluding steroid dienone is 3. The van der Waals surface area contributed by atoms with Gasteiger partial charge >= 0.3 is 0 Å². The first-order valence-corrected chi connectivity index (χ1v) is 17.0. The van der Waals surface area contributed by atoms with Gasteiger partial charge in [0.25, 0.3) is 0 Å². The number of hydrogen-bond donors (Lipinski definition) is 0. The first-order valence-electron chi connectivity index (χ1n) is 17.0. The molecule has 0 amide bonds. The molecule has 9 aromatic rings. The van der Waals surface area contributed by atoms with Crippen LogP contribution in [0.3, 0.4) is 0 Å². The molecule has 5 heteroatoms. The SMILES string of the molecule is C1=Cc2ccc3cccnc3c2CCC=C1c1cc(-c2ccc3ccc4cccnc4c3n2)cc(-c2ccc3ccc4cccnc4c3n2)c1. The maximum absolute atomic E-state index is 5.24. The molecule has 0 bridgehead atoms. The van der Waals surface area contributed by atoms with E-state index in [4.69, 9.17) is 24.9 Å². The number of aromatic nitrogens is 5. The number of pyridine rings is 5. The van der Waals surface area contributed by atoms with E-state index in [1.807, 2.05) is 36.8 Å². The van der Waals surface area contributed by atoms with Crippen molar-refractivity contribution in [2.75, 3.05) is 0 Å². The van der Waals surface area contributed by atoms with Gasteiger partial charge < -0.3 is 0 Å². The van der Waals surface area contributed by atoms with Gasteiger partial charge in [-0.1, -0.05) is 85.0 Å².